The van der Waals surface area contributed by atoms with Crippen LogP contribution in [0.3, 0.4) is 0 Å². The molecule has 0 saturated carbocycles. The highest BCUT2D eigenvalue weighted by atomic mass is 16.5. The summed E-state index contributed by atoms with van der Waals surface area (Å²) < 4.78 is 7.40. The molecule has 1 aliphatic heterocycles. The van der Waals surface area contributed by atoms with Crippen molar-refractivity contribution in [1.29, 1.82) is 0 Å². The van der Waals surface area contributed by atoms with Crippen LogP contribution in [-0.2, 0) is 11.2 Å². The van der Waals surface area contributed by atoms with Crippen LogP contribution in [0, 0.1) is 0 Å². The summed E-state index contributed by atoms with van der Waals surface area (Å²) >= 11 is 0. The fraction of sp³-hybridized carbons (Fsp3) is 0.857. The zero-order valence-corrected chi connectivity index (χ0v) is 13.5. The first-order chi connectivity index (χ1) is 9.96. The fourth-order valence-corrected chi connectivity index (χ4v) is 2.91. The SMILES string of the molecule is CC(C)n1ncnc1CC(NN)C(C)(C)N1CCOCC1. The number of nitrogens with one attached hydrogen (secondary N) is 1. The number of ether oxygens (including phenoxy) is 1. The van der Waals surface area contributed by atoms with Crippen molar-refractivity contribution >= 4 is 0 Å². The van der Waals surface area contributed by atoms with Gasteiger partial charge in [-0.15, -0.1) is 0 Å². The number of hydrogen-bond acceptors (Lipinski definition) is 6. The van der Waals surface area contributed by atoms with Gasteiger partial charge in [-0.25, -0.2) is 9.67 Å². The zero-order chi connectivity index (χ0) is 15.5. The van der Waals surface area contributed by atoms with E-state index < -0.39 is 0 Å². The maximum Gasteiger partial charge on any atom is 0.138 e. The number of nitrogens with zero attached hydrogens (tertiary/aromatic N) is 4. The highest BCUT2D eigenvalue weighted by Gasteiger charge is 2.36. The quantitative estimate of drug-likeness (QED) is 0.582. The second-order valence-corrected chi connectivity index (χ2v) is 6.39. The molecule has 7 heteroatoms. The van der Waals surface area contributed by atoms with Crippen LogP contribution in [0.15, 0.2) is 6.33 Å². The molecular weight excluding hydrogens is 268 g/mol. The van der Waals surface area contributed by atoms with Gasteiger partial charge in [-0.05, 0) is 27.7 Å². The standard InChI is InChI=1S/C14H28N6O/c1-11(2)20-13(16-10-17-20)9-12(18-15)14(3,4)19-5-7-21-8-6-19/h10-12,18H,5-9,15H2,1-4H3. The topological polar surface area (TPSA) is 81.2 Å². The lowest BCUT2D eigenvalue weighted by Crippen LogP contribution is -2.62. The molecule has 0 radical (unpaired) electrons. The maximum absolute atomic E-state index is 5.84. The lowest BCUT2D eigenvalue weighted by molar-refractivity contribution is -0.0236. The molecule has 2 heterocycles. The Bertz CT molecular complexity index is 438. The summed E-state index contributed by atoms with van der Waals surface area (Å²) in [4.78, 5) is 6.82. The first-order valence-electron chi connectivity index (χ1n) is 7.64. The summed E-state index contributed by atoms with van der Waals surface area (Å²) in [5, 5.41) is 4.30. The van der Waals surface area contributed by atoms with E-state index >= 15 is 0 Å². The molecule has 1 unspecified atom stereocenters. The van der Waals surface area contributed by atoms with Crippen LogP contribution in [0.25, 0.3) is 0 Å². The van der Waals surface area contributed by atoms with E-state index in [2.05, 4.69) is 48.1 Å². The number of rotatable bonds is 6. The summed E-state index contributed by atoms with van der Waals surface area (Å²) in [5.74, 6) is 6.81. The van der Waals surface area contributed by atoms with Crippen molar-refractivity contribution < 1.29 is 4.74 Å². The van der Waals surface area contributed by atoms with Gasteiger partial charge in [0.05, 0.1) is 13.2 Å². The molecular formula is C14H28N6O. The van der Waals surface area contributed by atoms with Gasteiger partial charge in [-0.3, -0.25) is 16.2 Å². The van der Waals surface area contributed by atoms with E-state index in [1.54, 1.807) is 6.33 Å². The number of hydrogen-bond donors (Lipinski definition) is 2. The molecule has 1 aliphatic rings. The summed E-state index contributed by atoms with van der Waals surface area (Å²) in [7, 11) is 0. The Balaban J connectivity index is 2.12. The number of aromatic nitrogens is 3. The van der Waals surface area contributed by atoms with E-state index in [0.29, 0.717) is 6.04 Å². The predicted molar refractivity (Wildman–Crippen MR) is 81.7 cm³/mol. The van der Waals surface area contributed by atoms with Crippen LogP contribution in [0.2, 0.25) is 0 Å². The van der Waals surface area contributed by atoms with Crippen molar-refractivity contribution in [3.8, 4) is 0 Å². The first-order valence-corrected chi connectivity index (χ1v) is 7.64. The Kier molecular flexibility index (Phi) is 5.32. The molecule has 0 aliphatic carbocycles. The van der Waals surface area contributed by atoms with Crippen LogP contribution < -0.4 is 11.3 Å². The molecule has 1 aromatic heterocycles. The third-order valence-electron chi connectivity index (χ3n) is 4.40. The van der Waals surface area contributed by atoms with Crippen LogP contribution in [-0.4, -0.2) is 57.5 Å². The second-order valence-electron chi connectivity index (χ2n) is 6.39. The second kappa shape index (κ2) is 6.83. The minimum Gasteiger partial charge on any atom is -0.379 e. The minimum absolute atomic E-state index is 0.0771. The highest BCUT2D eigenvalue weighted by molar-refractivity contribution is 5.00. The number of morpholine rings is 1. The summed E-state index contributed by atoms with van der Waals surface area (Å²) in [6, 6.07) is 0.393. The molecule has 21 heavy (non-hydrogen) atoms. The largest absolute Gasteiger partial charge is 0.379 e. The molecule has 1 saturated heterocycles. The van der Waals surface area contributed by atoms with E-state index in [1.165, 1.54) is 0 Å². The zero-order valence-electron chi connectivity index (χ0n) is 13.5. The average molecular weight is 296 g/mol. The average Bonchev–Trinajstić information content (AvgIpc) is 2.94. The van der Waals surface area contributed by atoms with Crippen molar-refractivity contribution in [3.63, 3.8) is 0 Å². The van der Waals surface area contributed by atoms with Gasteiger partial charge in [0.1, 0.15) is 12.2 Å². The minimum atomic E-state index is -0.0771. The summed E-state index contributed by atoms with van der Waals surface area (Å²) in [5.41, 5.74) is 2.90. The third-order valence-corrected chi connectivity index (χ3v) is 4.40. The van der Waals surface area contributed by atoms with Gasteiger partial charge in [-0.1, -0.05) is 0 Å². The van der Waals surface area contributed by atoms with Gasteiger partial charge < -0.3 is 4.74 Å². The lowest BCUT2D eigenvalue weighted by Gasteiger charge is -2.45. The molecule has 0 spiro atoms. The summed E-state index contributed by atoms with van der Waals surface area (Å²) in [6.45, 7) is 12.1. The number of nitrogens with two attached hydrogens (primary N) is 1. The Morgan fingerprint density at radius 3 is 2.62 bits per heavy atom. The Hall–Kier alpha value is -1.02. The first kappa shape index (κ1) is 16.4. The van der Waals surface area contributed by atoms with E-state index in [-0.39, 0.29) is 11.6 Å². The van der Waals surface area contributed by atoms with Gasteiger partial charge in [0.2, 0.25) is 0 Å². The Morgan fingerprint density at radius 2 is 2.05 bits per heavy atom. The third kappa shape index (κ3) is 3.60. The molecule has 1 atom stereocenters. The van der Waals surface area contributed by atoms with Crippen LogP contribution >= 0.6 is 0 Å². The predicted octanol–water partition coefficient (Wildman–Crippen LogP) is 0.344. The molecule has 120 valence electrons. The Labute approximate surface area is 126 Å². The normalized spacial score (nSPS) is 19.1. The van der Waals surface area contributed by atoms with Gasteiger partial charge in [0.15, 0.2) is 0 Å². The Morgan fingerprint density at radius 1 is 1.38 bits per heavy atom. The lowest BCUT2D eigenvalue weighted by atomic mass is 9.89. The smallest absolute Gasteiger partial charge is 0.138 e. The molecule has 1 aromatic rings. The molecule has 2 rings (SSSR count). The monoisotopic (exact) mass is 296 g/mol. The fourth-order valence-electron chi connectivity index (χ4n) is 2.91. The van der Waals surface area contributed by atoms with Crippen molar-refractivity contribution in [3.05, 3.63) is 12.2 Å². The van der Waals surface area contributed by atoms with Gasteiger partial charge in [0, 0.05) is 37.1 Å². The van der Waals surface area contributed by atoms with Crippen molar-refractivity contribution in [2.24, 2.45) is 5.84 Å². The van der Waals surface area contributed by atoms with Crippen molar-refractivity contribution in [2.45, 2.75) is 51.7 Å². The molecule has 7 nitrogen and oxygen atoms in total. The van der Waals surface area contributed by atoms with Gasteiger partial charge in [-0.2, -0.15) is 5.10 Å². The van der Waals surface area contributed by atoms with Crippen LogP contribution in [0.4, 0.5) is 0 Å². The van der Waals surface area contributed by atoms with Crippen LogP contribution in [0.5, 0.6) is 0 Å². The van der Waals surface area contributed by atoms with E-state index in [1.807, 2.05) is 4.68 Å². The van der Waals surface area contributed by atoms with Gasteiger partial charge in [0.25, 0.3) is 0 Å². The molecule has 0 aromatic carbocycles. The molecule has 0 amide bonds. The highest BCUT2D eigenvalue weighted by Crippen LogP contribution is 2.23. The van der Waals surface area contributed by atoms with E-state index in [4.69, 9.17) is 10.6 Å². The van der Waals surface area contributed by atoms with Crippen molar-refractivity contribution in [2.75, 3.05) is 26.3 Å². The van der Waals surface area contributed by atoms with Gasteiger partial charge >= 0.3 is 0 Å². The summed E-state index contributed by atoms with van der Waals surface area (Å²) in [6.07, 6.45) is 2.36. The molecule has 0 bridgehead atoms. The molecule has 3 N–H and O–H groups in total. The van der Waals surface area contributed by atoms with E-state index in [0.717, 1.165) is 38.5 Å². The number of hydrazine groups is 1. The molecule has 1 fully saturated rings. The van der Waals surface area contributed by atoms with Crippen molar-refractivity contribution in [1.82, 2.24) is 25.1 Å². The van der Waals surface area contributed by atoms with E-state index in [9.17, 15) is 0 Å². The van der Waals surface area contributed by atoms with Crippen LogP contribution in [0.1, 0.15) is 39.6 Å². The maximum atomic E-state index is 5.84.